The van der Waals surface area contributed by atoms with Gasteiger partial charge in [-0.25, -0.2) is 9.97 Å². The van der Waals surface area contributed by atoms with Crippen LogP contribution in [0.3, 0.4) is 0 Å². The van der Waals surface area contributed by atoms with Crippen LogP contribution in [0.25, 0.3) is 22.3 Å². The van der Waals surface area contributed by atoms with Gasteiger partial charge in [-0.15, -0.1) is 0 Å². The highest BCUT2D eigenvalue weighted by Crippen LogP contribution is 2.28. The molecule has 1 saturated heterocycles. The van der Waals surface area contributed by atoms with Crippen LogP contribution in [0.2, 0.25) is 5.02 Å². The molecule has 3 heterocycles. The van der Waals surface area contributed by atoms with Gasteiger partial charge >= 0.3 is 0 Å². The van der Waals surface area contributed by atoms with E-state index in [0.717, 1.165) is 17.0 Å². The first-order valence-corrected chi connectivity index (χ1v) is 12.5. The Bertz CT molecular complexity index is 1390. The van der Waals surface area contributed by atoms with E-state index >= 15 is 0 Å². The van der Waals surface area contributed by atoms with Crippen LogP contribution in [0.4, 0.5) is 11.8 Å². The van der Waals surface area contributed by atoms with Gasteiger partial charge in [-0.1, -0.05) is 11.6 Å². The molecular weight excluding hydrogens is 492 g/mol. The van der Waals surface area contributed by atoms with Crippen molar-refractivity contribution in [3.63, 3.8) is 0 Å². The largest absolute Gasteiger partial charge is 0.494 e. The first kappa shape index (κ1) is 24.6. The smallest absolute Gasteiger partial charge is 0.260 e. The average Bonchev–Trinajstić information content (AvgIpc) is 2.92. The van der Waals surface area contributed by atoms with Gasteiger partial charge < -0.3 is 25.0 Å². The number of pyridine rings is 1. The molecule has 0 spiro atoms. The van der Waals surface area contributed by atoms with Gasteiger partial charge in [0.25, 0.3) is 5.91 Å². The molecule has 1 amide bonds. The van der Waals surface area contributed by atoms with Gasteiger partial charge in [0.05, 0.1) is 17.8 Å². The van der Waals surface area contributed by atoms with E-state index in [2.05, 4.69) is 14.9 Å². The van der Waals surface area contributed by atoms with Gasteiger partial charge in [-0.3, -0.25) is 4.79 Å². The summed E-state index contributed by atoms with van der Waals surface area (Å²) in [5.41, 5.74) is 9.14. The number of rotatable bonds is 7. The molecule has 0 aliphatic carbocycles. The normalized spacial score (nSPS) is 13.6. The lowest BCUT2D eigenvalue weighted by atomic mass is 10.1. The lowest BCUT2D eigenvalue weighted by molar-refractivity contribution is -0.133. The number of aromatic nitrogens is 3. The molecule has 10 heteroatoms. The van der Waals surface area contributed by atoms with E-state index in [-0.39, 0.29) is 18.5 Å². The minimum Gasteiger partial charge on any atom is -0.494 e. The average molecular weight is 519 g/mol. The van der Waals surface area contributed by atoms with Gasteiger partial charge in [0.15, 0.2) is 12.4 Å². The van der Waals surface area contributed by atoms with Crippen molar-refractivity contribution in [2.24, 2.45) is 0 Å². The molecule has 4 aromatic rings. The Morgan fingerprint density at radius 3 is 2.27 bits per heavy atom. The van der Waals surface area contributed by atoms with Crippen LogP contribution in [0.5, 0.6) is 11.5 Å². The monoisotopic (exact) mass is 518 g/mol. The molecule has 9 nitrogen and oxygen atoms in total. The summed E-state index contributed by atoms with van der Waals surface area (Å²) in [4.78, 5) is 30.4. The maximum Gasteiger partial charge on any atom is 0.260 e. The van der Waals surface area contributed by atoms with Crippen molar-refractivity contribution in [1.82, 2.24) is 19.9 Å². The highest BCUT2D eigenvalue weighted by molar-refractivity contribution is 6.30. The number of carbonyl (C=O) groups is 1. The van der Waals surface area contributed by atoms with Crippen LogP contribution in [0, 0.1) is 0 Å². The molecule has 5 rings (SSSR count). The van der Waals surface area contributed by atoms with Crippen molar-refractivity contribution in [3.05, 3.63) is 65.7 Å². The van der Waals surface area contributed by atoms with Gasteiger partial charge in [0, 0.05) is 36.8 Å². The van der Waals surface area contributed by atoms with Crippen molar-refractivity contribution in [3.8, 4) is 22.8 Å². The van der Waals surface area contributed by atoms with E-state index in [1.807, 2.05) is 43.3 Å². The van der Waals surface area contributed by atoms with Crippen molar-refractivity contribution < 1.29 is 14.3 Å². The molecule has 190 valence electrons. The van der Waals surface area contributed by atoms with Gasteiger partial charge in [0.1, 0.15) is 17.0 Å². The van der Waals surface area contributed by atoms with E-state index < -0.39 is 0 Å². The maximum absolute atomic E-state index is 12.7. The Morgan fingerprint density at radius 1 is 0.892 bits per heavy atom. The number of fused-ring (bicyclic) bond motifs is 1. The molecule has 2 aromatic heterocycles. The minimum absolute atomic E-state index is 0.0297. The van der Waals surface area contributed by atoms with Crippen LogP contribution in [-0.2, 0) is 4.79 Å². The third-order valence-corrected chi connectivity index (χ3v) is 6.36. The Kier molecular flexibility index (Phi) is 7.23. The summed E-state index contributed by atoms with van der Waals surface area (Å²) in [5.74, 6) is 2.20. The fourth-order valence-electron chi connectivity index (χ4n) is 4.22. The Balaban J connectivity index is 1.30. The number of nitrogens with two attached hydrogens (primary N) is 1. The topological polar surface area (TPSA) is 107 Å². The highest BCUT2D eigenvalue weighted by atomic mass is 35.5. The fraction of sp³-hybridized carbons (Fsp3) is 0.259. The van der Waals surface area contributed by atoms with Gasteiger partial charge in [0.2, 0.25) is 5.95 Å². The molecule has 0 radical (unpaired) electrons. The maximum atomic E-state index is 12.7. The molecule has 1 fully saturated rings. The fourth-order valence-corrected chi connectivity index (χ4v) is 4.35. The Morgan fingerprint density at radius 2 is 1.57 bits per heavy atom. The number of piperazine rings is 1. The van der Waals surface area contributed by atoms with E-state index in [0.29, 0.717) is 60.4 Å². The number of anilines is 2. The van der Waals surface area contributed by atoms with E-state index in [1.54, 1.807) is 29.2 Å². The molecule has 0 bridgehead atoms. The van der Waals surface area contributed by atoms with Crippen LogP contribution in [0.1, 0.15) is 6.92 Å². The number of carbonyl (C=O) groups excluding carboxylic acids is 1. The Labute approximate surface area is 219 Å². The summed E-state index contributed by atoms with van der Waals surface area (Å²) in [6.07, 6.45) is 0. The number of benzene rings is 2. The molecule has 0 saturated carbocycles. The molecule has 37 heavy (non-hydrogen) atoms. The van der Waals surface area contributed by atoms with Gasteiger partial charge in [-0.05, 0) is 67.6 Å². The van der Waals surface area contributed by atoms with Crippen molar-refractivity contribution >= 4 is 40.3 Å². The second kappa shape index (κ2) is 10.9. The molecule has 2 aromatic carbocycles. The van der Waals surface area contributed by atoms with E-state index in [4.69, 9.17) is 31.8 Å². The SMILES string of the molecule is CCOc1ccc(-c2ccc3nc(N)nc(N4CCN(C(=O)COc5ccc(Cl)cc5)CC4)c3n2)cc1. The highest BCUT2D eigenvalue weighted by Gasteiger charge is 2.24. The van der Waals surface area contributed by atoms with Crippen LogP contribution >= 0.6 is 11.6 Å². The summed E-state index contributed by atoms with van der Waals surface area (Å²) < 4.78 is 11.2. The first-order chi connectivity index (χ1) is 18.0. The lowest BCUT2D eigenvalue weighted by Gasteiger charge is -2.35. The zero-order chi connectivity index (χ0) is 25.8. The van der Waals surface area contributed by atoms with Crippen molar-refractivity contribution in [2.75, 3.05) is 50.0 Å². The third kappa shape index (κ3) is 5.67. The number of hydrogen-bond donors (Lipinski definition) is 1. The molecule has 1 aliphatic rings. The quantitative estimate of drug-likeness (QED) is 0.390. The summed E-state index contributed by atoms with van der Waals surface area (Å²) in [7, 11) is 0. The number of hydrogen-bond acceptors (Lipinski definition) is 8. The van der Waals surface area contributed by atoms with Crippen LogP contribution < -0.4 is 20.1 Å². The lowest BCUT2D eigenvalue weighted by Crippen LogP contribution is -2.50. The summed E-state index contributed by atoms with van der Waals surface area (Å²) >= 11 is 5.90. The molecule has 0 atom stereocenters. The number of nitrogens with zero attached hydrogens (tertiary/aromatic N) is 5. The predicted molar refractivity (Wildman–Crippen MR) is 144 cm³/mol. The number of amides is 1. The molecular formula is C27H27ClN6O3. The van der Waals surface area contributed by atoms with Gasteiger partial charge in [-0.2, -0.15) is 4.98 Å². The van der Waals surface area contributed by atoms with Crippen molar-refractivity contribution in [1.29, 1.82) is 0 Å². The predicted octanol–water partition coefficient (Wildman–Crippen LogP) is 4.05. The molecule has 2 N–H and O–H groups in total. The van der Waals surface area contributed by atoms with Crippen LogP contribution in [-0.4, -0.2) is 65.2 Å². The molecule has 0 unspecified atom stereocenters. The third-order valence-electron chi connectivity index (χ3n) is 6.11. The van der Waals surface area contributed by atoms with E-state index in [1.165, 1.54) is 0 Å². The summed E-state index contributed by atoms with van der Waals surface area (Å²) in [6.45, 7) is 4.79. The number of ether oxygens (including phenoxy) is 2. The second-order valence-corrected chi connectivity index (χ2v) is 8.97. The minimum atomic E-state index is -0.0717. The van der Waals surface area contributed by atoms with E-state index in [9.17, 15) is 4.79 Å². The zero-order valence-electron chi connectivity index (χ0n) is 20.4. The zero-order valence-corrected chi connectivity index (χ0v) is 21.2. The van der Waals surface area contributed by atoms with Crippen LogP contribution in [0.15, 0.2) is 60.7 Å². The summed E-state index contributed by atoms with van der Waals surface area (Å²) in [6, 6.07) is 18.6. The number of halogens is 1. The summed E-state index contributed by atoms with van der Waals surface area (Å²) in [5, 5.41) is 0.619. The second-order valence-electron chi connectivity index (χ2n) is 8.54. The van der Waals surface area contributed by atoms with Crippen molar-refractivity contribution in [2.45, 2.75) is 6.92 Å². The first-order valence-electron chi connectivity index (χ1n) is 12.1. The standard InChI is InChI=1S/C27H27ClN6O3/c1-2-36-20-7-3-18(4-8-20)22-11-12-23-25(30-22)26(32-27(29)31-23)34-15-13-33(14-16-34)24(35)17-37-21-9-5-19(28)6-10-21/h3-12H,2,13-17H2,1H3,(H2,29,31,32). The number of nitrogen functional groups attached to an aromatic ring is 1. The Hall–Kier alpha value is -4.11. The molecule has 1 aliphatic heterocycles.